The molecule has 0 fully saturated rings. The Morgan fingerprint density at radius 3 is 2.71 bits per heavy atom. The largest absolute Gasteiger partial charge is 0.464 e. The van der Waals surface area contributed by atoms with Gasteiger partial charge in [0.1, 0.15) is 0 Å². The molecule has 146 valence electrons. The van der Waals surface area contributed by atoms with Gasteiger partial charge in [-0.25, -0.2) is 9.78 Å². The summed E-state index contributed by atoms with van der Waals surface area (Å²) in [4.78, 5) is 34.2. The number of benzene rings is 1. The second-order valence-electron chi connectivity index (χ2n) is 5.62. The Morgan fingerprint density at radius 1 is 1.29 bits per heavy atom. The van der Waals surface area contributed by atoms with Gasteiger partial charge < -0.3 is 15.0 Å². The summed E-state index contributed by atoms with van der Waals surface area (Å²) in [5, 5.41) is 10.8. The molecule has 0 saturated carbocycles. The van der Waals surface area contributed by atoms with Gasteiger partial charge in [0, 0.05) is 31.9 Å². The summed E-state index contributed by atoms with van der Waals surface area (Å²) in [5.74, 6) is -0.686. The number of nitrogens with one attached hydrogen (secondary N) is 2. The Labute approximate surface area is 163 Å². The van der Waals surface area contributed by atoms with Crippen molar-refractivity contribution in [3.63, 3.8) is 0 Å². The average molecular weight is 382 g/mol. The van der Waals surface area contributed by atoms with Crippen LogP contribution in [0.1, 0.15) is 33.5 Å². The topological polar surface area (TPSA) is 121 Å². The molecule has 0 aliphatic rings. The van der Waals surface area contributed by atoms with Gasteiger partial charge in [0.05, 0.1) is 36.5 Å². The normalized spacial score (nSPS) is 10.5. The molecule has 0 bridgehead atoms. The van der Waals surface area contributed by atoms with Crippen molar-refractivity contribution in [3.8, 4) is 0 Å². The quantitative estimate of drug-likeness (QED) is 0.389. The number of para-hydroxylation sites is 1. The van der Waals surface area contributed by atoms with Crippen LogP contribution in [0.2, 0.25) is 0 Å². The van der Waals surface area contributed by atoms with Gasteiger partial charge in [-0.1, -0.05) is 12.1 Å². The Bertz CT molecular complexity index is 851. The summed E-state index contributed by atoms with van der Waals surface area (Å²) >= 11 is 0. The molecule has 1 aromatic carbocycles. The average Bonchev–Trinajstić information content (AvgIpc) is 2.74. The minimum absolute atomic E-state index is 0.139. The number of methoxy groups -OCH3 is 1. The summed E-state index contributed by atoms with van der Waals surface area (Å²) in [6.07, 6.45) is 5.69. The number of carbonyl (C=O) groups is 2. The van der Waals surface area contributed by atoms with Crippen LogP contribution in [-0.2, 0) is 11.2 Å². The number of hydrazone groups is 1. The van der Waals surface area contributed by atoms with Gasteiger partial charge in [0.15, 0.2) is 5.69 Å². The fraction of sp³-hybridized carbons (Fsp3) is 0.263. The zero-order valence-corrected chi connectivity index (χ0v) is 15.8. The van der Waals surface area contributed by atoms with Crippen molar-refractivity contribution >= 4 is 30.0 Å². The third-order valence-electron chi connectivity index (χ3n) is 3.90. The lowest BCUT2D eigenvalue weighted by molar-refractivity contribution is 0.0593. The number of likely N-dealkylation sites (N-methyl/N-ethyl adjacent to an activating group) is 1. The lowest BCUT2D eigenvalue weighted by Crippen LogP contribution is -2.33. The molecule has 2 aromatic rings. The van der Waals surface area contributed by atoms with Crippen LogP contribution in [0.25, 0.3) is 0 Å². The van der Waals surface area contributed by atoms with E-state index in [0.717, 1.165) is 6.21 Å². The first kappa shape index (κ1) is 20.7. The Balaban J connectivity index is 2.07. The zero-order chi connectivity index (χ0) is 20.4. The number of esters is 1. The van der Waals surface area contributed by atoms with Crippen LogP contribution >= 0.6 is 0 Å². The fourth-order valence-corrected chi connectivity index (χ4v) is 2.43. The van der Waals surface area contributed by atoms with E-state index in [1.54, 1.807) is 29.2 Å². The molecule has 1 aromatic heterocycles. The summed E-state index contributed by atoms with van der Waals surface area (Å²) < 4.78 is 4.60. The smallest absolute Gasteiger partial charge is 0.358 e. The Morgan fingerprint density at radius 2 is 2.07 bits per heavy atom. The molecule has 0 aliphatic carbocycles. The highest BCUT2D eigenvalue weighted by Crippen LogP contribution is 2.17. The van der Waals surface area contributed by atoms with Crippen molar-refractivity contribution in [2.24, 2.45) is 5.10 Å². The molecule has 0 saturated heterocycles. The van der Waals surface area contributed by atoms with Crippen molar-refractivity contribution in [1.82, 2.24) is 14.9 Å². The van der Waals surface area contributed by atoms with E-state index in [1.807, 2.05) is 6.92 Å². The van der Waals surface area contributed by atoms with Crippen molar-refractivity contribution in [2.75, 3.05) is 25.6 Å². The van der Waals surface area contributed by atoms with Gasteiger partial charge in [-0.3, -0.25) is 15.2 Å². The highest BCUT2D eigenvalue weighted by Gasteiger charge is 2.18. The molecule has 1 heterocycles. The predicted octanol–water partition coefficient (Wildman–Crippen LogP) is 2.02. The van der Waals surface area contributed by atoms with Crippen LogP contribution in [0.4, 0.5) is 5.69 Å². The van der Waals surface area contributed by atoms with Gasteiger partial charge in [0.25, 0.3) is 5.91 Å². The number of hydrogen-bond acceptors (Lipinski definition) is 8. The highest BCUT2D eigenvalue weighted by molar-refractivity contribution is 6.14. The molecule has 0 atom stereocenters. The predicted molar refractivity (Wildman–Crippen MR) is 106 cm³/mol. The maximum absolute atomic E-state index is 12.9. The summed E-state index contributed by atoms with van der Waals surface area (Å²) in [7, 11) is 1.28. The lowest BCUT2D eigenvalue weighted by Gasteiger charge is -2.22. The Kier molecular flexibility index (Phi) is 7.77. The standard InChI is InChI=1S/C19H22N6O3/c1-3-25(11-8-14-12-22-17(13-21-14)19(27)28-2)18(26)15-6-4-5-7-16(15)24-23-10-9-20/h4-7,9-10,12-13,20,24H,3,8,11H2,1-2H3/b20-9?,23-10-. The van der Waals surface area contributed by atoms with E-state index >= 15 is 0 Å². The summed E-state index contributed by atoms with van der Waals surface area (Å²) in [6.45, 7) is 2.86. The summed E-state index contributed by atoms with van der Waals surface area (Å²) in [5.41, 5.74) is 4.63. The van der Waals surface area contributed by atoms with Gasteiger partial charge in [-0.15, -0.1) is 0 Å². The summed E-state index contributed by atoms with van der Waals surface area (Å²) in [6, 6.07) is 7.05. The van der Waals surface area contributed by atoms with E-state index < -0.39 is 5.97 Å². The molecular formula is C19H22N6O3. The van der Waals surface area contributed by atoms with Gasteiger partial charge in [-0.05, 0) is 19.1 Å². The molecule has 1 amide bonds. The molecular weight excluding hydrogens is 360 g/mol. The zero-order valence-electron chi connectivity index (χ0n) is 15.8. The van der Waals surface area contributed by atoms with Crippen molar-refractivity contribution in [1.29, 1.82) is 5.41 Å². The van der Waals surface area contributed by atoms with E-state index in [2.05, 4.69) is 25.2 Å². The third kappa shape index (κ3) is 5.44. The van der Waals surface area contributed by atoms with Gasteiger partial charge in [0.2, 0.25) is 0 Å². The number of nitrogens with zero attached hydrogens (tertiary/aromatic N) is 4. The third-order valence-corrected chi connectivity index (χ3v) is 3.90. The lowest BCUT2D eigenvalue weighted by atomic mass is 10.1. The minimum atomic E-state index is -0.542. The van der Waals surface area contributed by atoms with Crippen molar-refractivity contribution in [2.45, 2.75) is 13.3 Å². The molecule has 2 rings (SSSR count). The molecule has 0 aliphatic heterocycles. The SMILES string of the molecule is CCN(CCc1cnc(C(=O)OC)cn1)C(=O)c1ccccc1N/N=C\C=N. The van der Waals surface area contributed by atoms with E-state index in [-0.39, 0.29) is 11.6 Å². The minimum Gasteiger partial charge on any atom is -0.464 e. The monoisotopic (exact) mass is 382 g/mol. The number of rotatable bonds is 9. The van der Waals surface area contributed by atoms with Crippen molar-refractivity contribution < 1.29 is 14.3 Å². The molecule has 9 nitrogen and oxygen atoms in total. The number of amides is 1. The van der Waals surface area contributed by atoms with E-state index in [1.165, 1.54) is 25.7 Å². The maximum Gasteiger partial charge on any atom is 0.358 e. The molecule has 2 N–H and O–H groups in total. The molecule has 0 radical (unpaired) electrons. The molecule has 0 spiro atoms. The number of anilines is 1. The molecule has 9 heteroatoms. The number of carbonyl (C=O) groups excluding carboxylic acids is 2. The van der Waals surface area contributed by atoms with E-state index in [0.29, 0.717) is 36.5 Å². The van der Waals surface area contributed by atoms with E-state index in [4.69, 9.17) is 5.41 Å². The number of ether oxygens (including phenoxy) is 1. The van der Waals surface area contributed by atoms with Crippen LogP contribution in [0, 0.1) is 5.41 Å². The first-order valence-electron chi connectivity index (χ1n) is 8.66. The highest BCUT2D eigenvalue weighted by atomic mass is 16.5. The van der Waals surface area contributed by atoms with Crippen molar-refractivity contribution in [3.05, 3.63) is 53.6 Å². The van der Waals surface area contributed by atoms with Gasteiger partial charge in [-0.2, -0.15) is 5.10 Å². The fourth-order valence-electron chi connectivity index (χ4n) is 2.43. The van der Waals surface area contributed by atoms with Gasteiger partial charge >= 0.3 is 5.97 Å². The molecule has 28 heavy (non-hydrogen) atoms. The first-order valence-corrected chi connectivity index (χ1v) is 8.66. The number of aromatic nitrogens is 2. The van der Waals surface area contributed by atoms with E-state index in [9.17, 15) is 9.59 Å². The Hall–Kier alpha value is -3.62. The van der Waals surface area contributed by atoms with Crippen LogP contribution in [-0.4, -0.2) is 59.4 Å². The van der Waals surface area contributed by atoms with Crippen LogP contribution in [0.15, 0.2) is 41.8 Å². The van der Waals surface area contributed by atoms with Crippen LogP contribution < -0.4 is 5.43 Å². The maximum atomic E-state index is 12.9. The molecule has 0 unspecified atom stereocenters. The second-order valence-corrected chi connectivity index (χ2v) is 5.62. The van der Waals surface area contributed by atoms with Crippen LogP contribution in [0.3, 0.4) is 0 Å². The van der Waals surface area contributed by atoms with Crippen LogP contribution in [0.5, 0.6) is 0 Å². The first-order chi connectivity index (χ1) is 13.6. The number of hydrogen-bond donors (Lipinski definition) is 2. The second kappa shape index (κ2) is 10.5.